The third kappa shape index (κ3) is 4.05. The molecular weight excluding hydrogens is 285 g/mol. The fourth-order valence-corrected chi connectivity index (χ4v) is 1.75. The van der Waals surface area contributed by atoms with Gasteiger partial charge in [-0.15, -0.1) is 0 Å². The Morgan fingerprint density at radius 2 is 1.23 bits per heavy atom. The lowest BCUT2D eigenvalue weighted by Gasteiger charge is -2.13. The topological polar surface area (TPSA) is 61.4 Å². The summed E-state index contributed by atoms with van der Waals surface area (Å²) in [5.41, 5.74) is 1.85. The van der Waals surface area contributed by atoms with Crippen LogP contribution in [0.4, 0.5) is 21.5 Å². The van der Waals surface area contributed by atoms with E-state index in [1.54, 1.807) is 12.1 Å². The van der Waals surface area contributed by atoms with Crippen molar-refractivity contribution in [3.05, 3.63) is 54.3 Å². The Kier molecular flexibility index (Phi) is 4.73. The summed E-state index contributed by atoms with van der Waals surface area (Å²) in [7, 11) is 3.81. The van der Waals surface area contributed by atoms with Crippen molar-refractivity contribution < 1.29 is 14.0 Å². The molecule has 2 N–H and O–H groups in total. The Balaban J connectivity index is 1.96. The largest absolute Gasteiger partial charge is 0.378 e. The molecule has 114 valence electrons. The molecule has 2 aromatic carbocycles. The highest BCUT2D eigenvalue weighted by Gasteiger charge is 2.14. The van der Waals surface area contributed by atoms with Gasteiger partial charge in [0.25, 0.3) is 0 Å². The Bertz CT molecular complexity index is 667. The summed E-state index contributed by atoms with van der Waals surface area (Å²) in [6.07, 6.45) is 0. The first-order chi connectivity index (χ1) is 10.5. The molecule has 0 aliphatic carbocycles. The molecule has 0 saturated heterocycles. The average Bonchev–Trinajstić information content (AvgIpc) is 2.50. The second-order valence-electron chi connectivity index (χ2n) is 4.86. The highest BCUT2D eigenvalue weighted by atomic mass is 19.1. The van der Waals surface area contributed by atoms with Crippen molar-refractivity contribution in [2.24, 2.45) is 0 Å². The summed E-state index contributed by atoms with van der Waals surface area (Å²) in [5.74, 6) is -2.02. The predicted molar refractivity (Wildman–Crippen MR) is 84.4 cm³/mol. The molecule has 2 aromatic rings. The Morgan fingerprint density at radius 1 is 0.818 bits per heavy atom. The second kappa shape index (κ2) is 6.71. The van der Waals surface area contributed by atoms with Crippen molar-refractivity contribution >= 4 is 28.9 Å². The fraction of sp³-hybridized carbons (Fsp3) is 0.125. The van der Waals surface area contributed by atoms with Gasteiger partial charge in [0.1, 0.15) is 5.82 Å². The number of benzene rings is 2. The van der Waals surface area contributed by atoms with Crippen LogP contribution in [0.25, 0.3) is 0 Å². The van der Waals surface area contributed by atoms with Gasteiger partial charge < -0.3 is 15.5 Å². The van der Waals surface area contributed by atoms with E-state index in [4.69, 9.17) is 0 Å². The van der Waals surface area contributed by atoms with Crippen molar-refractivity contribution in [2.45, 2.75) is 0 Å². The van der Waals surface area contributed by atoms with Gasteiger partial charge in [-0.3, -0.25) is 9.59 Å². The van der Waals surface area contributed by atoms with Crippen LogP contribution in [0.5, 0.6) is 0 Å². The molecule has 0 aliphatic heterocycles. The van der Waals surface area contributed by atoms with Gasteiger partial charge in [0.2, 0.25) is 0 Å². The molecule has 2 amide bonds. The van der Waals surface area contributed by atoms with Crippen molar-refractivity contribution in [2.75, 3.05) is 29.6 Å². The molecule has 0 spiro atoms. The van der Waals surface area contributed by atoms with Gasteiger partial charge in [0.05, 0.1) is 0 Å². The minimum absolute atomic E-state index is 0.351. The van der Waals surface area contributed by atoms with Crippen LogP contribution >= 0.6 is 0 Å². The molecular formula is C16H16FN3O2. The lowest BCUT2D eigenvalue weighted by atomic mass is 10.2. The summed E-state index contributed by atoms with van der Waals surface area (Å²) in [6.45, 7) is 0. The van der Waals surface area contributed by atoms with E-state index in [2.05, 4.69) is 10.6 Å². The first-order valence-electron chi connectivity index (χ1n) is 6.61. The number of amides is 2. The third-order valence-electron chi connectivity index (χ3n) is 2.95. The van der Waals surface area contributed by atoms with Gasteiger partial charge in [-0.05, 0) is 48.5 Å². The summed E-state index contributed by atoms with van der Waals surface area (Å²) >= 11 is 0. The van der Waals surface area contributed by atoms with Crippen LogP contribution in [0.2, 0.25) is 0 Å². The lowest BCUT2D eigenvalue weighted by molar-refractivity contribution is -0.132. The third-order valence-corrected chi connectivity index (χ3v) is 2.95. The van der Waals surface area contributed by atoms with Gasteiger partial charge in [0.15, 0.2) is 0 Å². The Labute approximate surface area is 127 Å². The van der Waals surface area contributed by atoms with Crippen molar-refractivity contribution in [1.29, 1.82) is 0 Å². The molecule has 6 heteroatoms. The monoisotopic (exact) mass is 301 g/mol. The van der Waals surface area contributed by atoms with E-state index in [-0.39, 0.29) is 0 Å². The summed E-state index contributed by atoms with van der Waals surface area (Å²) < 4.78 is 12.8. The summed E-state index contributed by atoms with van der Waals surface area (Å²) in [4.78, 5) is 25.5. The fourth-order valence-electron chi connectivity index (χ4n) is 1.75. The maximum Gasteiger partial charge on any atom is 0.314 e. The molecule has 2 rings (SSSR count). The van der Waals surface area contributed by atoms with E-state index in [0.717, 1.165) is 5.69 Å². The number of halogens is 1. The van der Waals surface area contributed by atoms with Crippen LogP contribution in [0.3, 0.4) is 0 Å². The molecule has 0 unspecified atom stereocenters. The number of hydrogen-bond acceptors (Lipinski definition) is 3. The average molecular weight is 301 g/mol. The quantitative estimate of drug-likeness (QED) is 0.856. The summed E-state index contributed by atoms with van der Waals surface area (Å²) in [5, 5.41) is 4.89. The molecule has 22 heavy (non-hydrogen) atoms. The second-order valence-corrected chi connectivity index (χ2v) is 4.86. The van der Waals surface area contributed by atoms with Gasteiger partial charge in [-0.2, -0.15) is 0 Å². The van der Waals surface area contributed by atoms with Gasteiger partial charge in [0, 0.05) is 31.2 Å². The standard InChI is InChI=1S/C16H16FN3O2/c1-20(2)14-9-7-13(8-10-14)19-16(22)15(21)18-12-5-3-11(17)4-6-12/h3-10H,1-2H3,(H,18,21)(H,19,22). The van der Waals surface area contributed by atoms with Crippen LogP contribution in [0.15, 0.2) is 48.5 Å². The minimum atomic E-state index is -0.816. The van der Waals surface area contributed by atoms with E-state index in [9.17, 15) is 14.0 Å². The van der Waals surface area contributed by atoms with E-state index in [1.807, 2.05) is 31.1 Å². The predicted octanol–water partition coefficient (Wildman–Crippen LogP) is 2.47. The molecule has 0 fully saturated rings. The van der Waals surface area contributed by atoms with Gasteiger partial charge >= 0.3 is 11.8 Å². The highest BCUT2D eigenvalue weighted by molar-refractivity contribution is 6.43. The number of rotatable bonds is 3. The smallest absolute Gasteiger partial charge is 0.314 e. The van der Waals surface area contributed by atoms with Crippen LogP contribution in [0, 0.1) is 5.82 Å². The van der Waals surface area contributed by atoms with Crippen LogP contribution < -0.4 is 15.5 Å². The zero-order chi connectivity index (χ0) is 16.1. The van der Waals surface area contributed by atoms with E-state index in [0.29, 0.717) is 11.4 Å². The number of carbonyl (C=O) groups excluding carboxylic acids is 2. The Hall–Kier alpha value is -2.89. The van der Waals surface area contributed by atoms with Crippen molar-refractivity contribution in [3.63, 3.8) is 0 Å². The first-order valence-corrected chi connectivity index (χ1v) is 6.61. The minimum Gasteiger partial charge on any atom is -0.378 e. The van der Waals surface area contributed by atoms with E-state index < -0.39 is 17.6 Å². The first kappa shape index (κ1) is 15.5. The molecule has 0 radical (unpaired) electrons. The SMILES string of the molecule is CN(C)c1ccc(NC(=O)C(=O)Nc2ccc(F)cc2)cc1. The molecule has 5 nitrogen and oxygen atoms in total. The van der Waals surface area contributed by atoms with E-state index in [1.165, 1.54) is 24.3 Å². The molecule has 0 heterocycles. The maximum absolute atomic E-state index is 12.8. The van der Waals surface area contributed by atoms with Crippen LogP contribution in [-0.4, -0.2) is 25.9 Å². The van der Waals surface area contributed by atoms with Crippen LogP contribution in [0.1, 0.15) is 0 Å². The molecule has 0 aromatic heterocycles. The van der Waals surface area contributed by atoms with E-state index >= 15 is 0 Å². The maximum atomic E-state index is 12.8. The van der Waals surface area contributed by atoms with Crippen molar-refractivity contribution in [3.8, 4) is 0 Å². The Morgan fingerprint density at radius 3 is 1.64 bits per heavy atom. The normalized spacial score (nSPS) is 9.95. The number of anilines is 3. The number of nitrogens with one attached hydrogen (secondary N) is 2. The number of hydrogen-bond donors (Lipinski definition) is 2. The van der Waals surface area contributed by atoms with Gasteiger partial charge in [-0.25, -0.2) is 4.39 Å². The lowest BCUT2D eigenvalue weighted by Crippen LogP contribution is -2.29. The zero-order valence-corrected chi connectivity index (χ0v) is 12.3. The summed E-state index contributed by atoms with van der Waals surface area (Å²) in [6, 6.07) is 12.2. The zero-order valence-electron chi connectivity index (χ0n) is 12.3. The molecule has 0 saturated carbocycles. The van der Waals surface area contributed by atoms with Crippen LogP contribution in [-0.2, 0) is 9.59 Å². The molecule has 0 bridgehead atoms. The highest BCUT2D eigenvalue weighted by Crippen LogP contribution is 2.15. The molecule has 0 atom stereocenters. The number of carbonyl (C=O) groups is 2. The van der Waals surface area contributed by atoms with Gasteiger partial charge in [-0.1, -0.05) is 0 Å². The molecule has 0 aliphatic rings. The van der Waals surface area contributed by atoms with Crippen molar-refractivity contribution in [1.82, 2.24) is 0 Å². The number of nitrogens with zero attached hydrogens (tertiary/aromatic N) is 1.